The highest BCUT2D eigenvalue weighted by molar-refractivity contribution is 6.18. The number of hydrogen-bond acceptors (Lipinski definition) is 13. The second kappa shape index (κ2) is 24.2. The summed E-state index contributed by atoms with van der Waals surface area (Å²) in [6.45, 7) is 9.54. The van der Waals surface area contributed by atoms with E-state index < -0.39 is 71.0 Å². The first-order chi connectivity index (χ1) is 35.2. The number of nitrogens with zero attached hydrogens (tertiary/aromatic N) is 1. The number of fused-ring (bicyclic) bond motifs is 10. The van der Waals surface area contributed by atoms with E-state index in [1.807, 2.05) is 38.1 Å². The largest absolute Gasteiger partial charge is 0.481 e. The molecule has 1 aromatic carbocycles. The third kappa shape index (κ3) is 11.6. The molecule has 0 aliphatic heterocycles. The number of allylic oxidation sites excluding steroid dienone is 2. The van der Waals surface area contributed by atoms with Gasteiger partial charge < -0.3 is 45.8 Å². The van der Waals surface area contributed by atoms with Gasteiger partial charge in [0.1, 0.15) is 24.4 Å². The molecule has 6 fully saturated rings. The second-order valence-corrected chi connectivity index (χ2v) is 24.7. The zero-order chi connectivity index (χ0) is 55.5. The molecule has 0 amide bonds. The molecule has 0 heterocycles. The van der Waals surface area contributed by atoms with Crippen LogP contribution in [0.2, 0.25) is 0 Å². The number of rotatable bonds is 13. The summed E-state index contributed by atoms with van der Waals surface area (Å²) in [4.78, 5) is 70.1. The zero-order valence-corrected chi connectivity index (χ0v) is 46.1. The first-order valence-electron chi connectivity index (χ1n) is 27.2. The van der Waals surface area contributed by atoms with E-state index in [4.69, 9.17) is 38.2 Å². The van der Waals surface area contributed by atoms with Crippen LogP contribution in [0.4, 0.5) is 5.69 Å². The van der Waals surface area contributed by atoms with E-state index in [0.29, 0.717) is 56.7 Å². The summed E-state index contributed by atoms with van der Waals surface area (Å²) >= 11 is 11.5. The first kappa shape index (κ1) is 60.7. The minimum absolute atomic E-state index is 0.0697. The summed E-state index contributed by atoms with van der Waals surface area (Å²) in [6.07, 6.45) is 13.1. The summed E-state index contributed by atoms with van der Waals surface area (Å²) in [7, 11) is 0. The highest BCUT2D eigenvalue weighted by Crippen LogP contribution is 2.69. The molecule has 75 heavy (non-hydrogen) atoms. The lowest BCUT2D eigenvalue weighted by Crippen LogP contribution is -2.62. The summed E-state index contributed by atoms with van der Waals surface area (Å²) in [5.74, 6) is -0.164. The Bertz CT molecular complexity index is 2220. The predicted octanol–water partition coefficient (Wildman–Crippen LogP) is 7.03. The molecule has 0 radical (unpaired) electrons. The number of carboxylic acid groups (broad SMARTS) is 2. The van der Waals surface area contributed by atoms with Crippen LogP contribution in [0.25, 0.3) is 0 Å². The summed E-state index contributed by atoms with van der Waals surface area (Å²) < 4.78 is 0. The van der Waals surface area contributed by atoms with Gasteiger partial charge in [0, 0.05) is 67.6 Å². The maximum atomic E-state index is 12.4. The average Bonchev–Trinajstić information content (AvgIpc) is 3.79. The predicted molar refractivity (Wildman–Crippen MR) is 284 cm³/mol. The van der Waals surface area contributed by atoms with Crippen molar-refractivity contribution in [2.45, 2.75) is 167 Å². The van der Waals surface area contributed by atoms with Gasteiger partial charge in [-0.2, -0.15) is 0 Å². The third-order valence-electron chi connectivity index (χ3n) is 20.2. The van der Waals surface area contributed by atoms with Gasteiger partial charge in [0.05, 0.1) is 12.2 Å². The highest BCUT2D eigenvalue weighted by atomic mass is 35.5. The van der Waals surface area contributed by atoms with E-state index in [9.17, 15) is 54.6 Å². The number of aliphatic hydroxyl groups excluding tert-OH is 4. The van der Waals surface area contributed by atoms with Crippen molar-refractivity contribution < 1.29 is 69.6 Å². The van der Waals surface area contributed by atoms with E-state index in [2.05, 4.69) is 18.7 Å². The van der Waals surface area contributed by atoms with Gasteiger partial charge in [0.25, 0.3) is 5.97 Å². The number of Topliss-reactive ketones (excluding diaryl/α,β-unsaturated/α-hetero) is 2. The van der Waals surface area contributed by atoms with Crippen molar-refractivity contribution in [1.82, 2.24) is 0 Å². The fourth-order valence-corrected chi connectivity index (χ4v) is 16.9. The molecule has 0 spiro atoms. The molecular formula is C58H83Cl2NO14. The maximum absolute atomic E-state index is 12.4. The van der Waals surface area contributed by atoms with E-state index >= 15 is 0 Å². The Morgan fingerprint density at radius 2 is 1.04 bits per heavy atom. The van der Waals surface area contributed by atoms with Crippen LogP contribution in [0.1, 0.15) is 143 Å². The standard InChI is InChI=1S/2C21H30O5.C14H19Cl2NO2.C2H4O2/c2*1-19-7-5-13(23)9-12(19)3-4-14-15-6-8-21(26,17(25)11-22)20(15,2)10-16(24)18(14)19;15-8-10-17(11-9-16)13-6-4-12(5-7-13)2-1-3-14(18)19;1-2(3)4/h2*9,14-16,18,22,24,26H,3-8,10-11H2,1-2H3;4-7H,1-3,8-11H2,(H,18,19);1H3,(H,3,4)/t2*14-,15-,16-,18+,19-,20-,21-;;/m00../s1. The van der Waals surface area contributed by atoms with E-state index in [-0.39, 0.29) is 64.3 Å². The molecule has 0 unspecified atom stereocenters. The molecule has 8 aliphatic carbocycles. The monoisotopic (exact) mass is 1090 g/mol. The molecule has 0 bridgehead atoms. The average molecular weight is 1090 g/mol. The maximum Gasteiger partial charge on any atom is 0.303 e. The lowest BCUT2D eigenvalue weighted by Gasteiger charge is -2.60. The zero-order valence-electron chi connectivity index (χ0n) is 44.6. The van der Waals surface area contributed by atoms with Crippen LogP contribution in [-0.2, 0) is 35.2 Å². The summed E-state index contributed by atoms with van der Waals surface area (Å²) in [5, 5.41) is 79.5. The van der Waals surface area contributed by atoms with Crippen molar-refractivity contribution in [3.8, 4) is 0 Å². The van der Waals surface area contributed by atoms with Crippen LogP contribution >= 0.6 is 23.2 Å². The van der Waals surface area contributed by atoms with Gasteiger partial charge in [-0.15, -0.1) is 23.2 Å². The van der Waals surface area contributed by atoms with Gasteiger partial charge in [0.2, 0.25) is 0 Å². The van der Waals surface area contributed by atoms with Crippen molar-refractivity contribution in [2.75, 3.05) is 43.0 Å². The number of carbonyl (C=O) groups is 6. The van der Waals surface area contributed by atoms with Crippen molar-refractivity contribution in [1.29, 1.82) is 0 Å². The molecule has 0 saturated heterocycles. The van der Waals surface area contributed by atoms with E-state index in [0.717, 1.165) is 89.1 Å². The Morgan fingerprint density at radius 3 is 1.40 bits per heavy atom. The molecule has 15 nitrogen and oxygen atoms in total. The fraction of sp³-hybridized carbons (Fsp3) is 0.724. The van der Waals surface area contributed by atoms with Gasteiger partial charge in [0.15, 0.2) is 23.1 Å². The van der Waals surface area contributed by atoms with E-state index in [1.54, 1.807) is 12.2 Å². The second-order valence-electron chi connectivity index (χ2n) is 23.9. The van der Waals surface area contributed by atoms with E-state index in [1.165, 1.54) is 11.1 Å². The number of ketones is 4. The molecule has 6 saturated carbocycles. The Morgan fingerprint density at radius 1 is 0.640 bits per heavy atom. The molecule has 8 N–H and O–H groups in total. The van der Waals surface area contributed by atoms with Crippen LogP contribution in [0.5, 0.6) is 0 Å². The molecule has 14 atom stereocenters. The third-order valence-corrected chi connectivity index (χ3v) is 20.5. The minimum atomic E-state index is -1.54. The lowest BCUT2D eigenvalue weighted by atomic mass is 9.45. The normalized spacial score (nSPS) is 38.0. The quantitative estimate of drug-likeness (QED) is 0.0922. The molecular weight excluding hydrogens is 1010 g/mol. The number of aliphatic carboxylic acids is 2. The number of carboxylic acids is 2. The van der Waals surface area contributed by atoms with Crippen LogP contribution < -0.4 is 4.90 Å². The van der Waals surface area contributed by atoms with Crippen molar-refractivity contribution in [3.05, 3.63) is 53.1 Å². The number of hydrogen-bond donors (Lipinski definition) is 8. The fourth-order valence-electron chi connectivity index (χ4n) is 16.5. The minimum Gasteiger partial charge on any atom is -0.481 e. The topological polar surface area (TPSA) is 267 Å². The summed E-state index contributed by atoms with van der Waals surface area (Å²) in [6, 6.07) is 8.14. The van der Waals surface area contributed by atoms with Crippen LogP contribution in [0.3, 0.4) is 0 Å². The Hall–Kier alpha value is -3.54. The number of aliphatic hydroxyl groups is 6. The Labute approximate surface area is 452 Å². The van der Waals surface area contributed by atoms with Crippen molar-refractivity contribution in [3.63, 3.8) is 0 Å². The number of aryl methyl sites for hydroxylation is 1. The molecule has 1 aromatic rings. The lowest BCUT2D eigenvalue weighted by molar-refractivity contribution is -0.182. The Kier molecular flexibility index (Phi) is 19.6. The first-order valence-corrected chi connectivity index (χ1v) is 28.3. The van der Waals surface area contributed by atoms with Gasteiger partial charge >= 0.3 is 5.97 Å². The molecule has 418 valence electrons. The molecule has 17 heteroatoms. The summed E-state index contributed by atoms with van der Waals surface area (Å²) in [5.41, 5.74) is -0.209. The van der Waals surface area contributed by atoms with Crippen LogP contribution in [-0.4, -0.2) is 137 Å². The smallest absolute Gasteiger partial charge is 0.303 e. The van der Waals surface area contributed by atoms with Crippen LogP contribution in [0.15, 0.2) is 47.6 Å². The molecule has 9 rings (SSSR count). The SMILES string of the molecule is CC(=O)O.C[C@]12CCC(=O)C=C1CC[C@@H]1[C@@H]2[C@@H](O)C[C@@]2(C)[C@H]1CC[C@]2(O)C(=O)CO.C[C@]12CCC(=O)C=C1CC[C@@H]1[C@@H]2[C@@H](O)C[C@@]2(C)[C@H]1CC[C@]2(O)C(=O)CO.O=C(O)CCCc1ccc(N(CCCl)CCCl)cc1. The van der Waals surface area contributed by atoms with Gasteiger partial charge in [-0.05, 0) is 166 Å². The van der Waals surface area contributed by atoms with Crippen molar-refractivity contribution in [2.24, 2.45) is 57.2 Å². The number of carbonyl (C=O) groups excluding carboxylic acids is 4. The number of anilines is 1. The molecule has 8 aliphatic rings. The molecule has 0 aromatic heterocycles. The Balaban J connectivity index is 0.000000179. The number of benzene rings is 1. The van der Waals surface area contributed by atoms with Gasteiger partial charge in [-0.3, -0.25) is 28.8 Å². The van der Waals surface area contributed by atoms with Gasteiger partial charge in [-0.25, -0.2) is 0 Å². The van der Waals surface area contributed by atoms with Crippen molar-refractivity contribution >= 4 is 64.0 Å². The highest BCUT2D eigenvalue weighted by Gasteiger charge is 2.70. The number of alkyl halides is 2. The number of halogens is 2. The van der Waals surface area contributed by atoms with Crippen LogP contribution in [0, 0.1) is 57.2 Å². The van der Waals surface area contributed by atoms with Gasteiger partial charge in [-0.1, -0.05) is 51.0 Å².